The third-order valence-electron chi connectivity index (χ3n) is 9.56. The Morgan fingerprint density at radius 3 is 2.24 bits per heavy atom. The number of hydrogen-bond acceptors (Lipinski definition) is 12. The summed E-state index contributed by atoms with van der Waals surface area (Å²) >= 11 is 0. The van der Waals surface area contributed by atoms with E-state index in [1.807, 2.05) is 6.07 Å². The fourth-order valence-electron chi connectivity index (χ4n) is 7.06. The van der Waals surface area contributed by atoms with Gasteiger partial charge in [0.15, 0.2) is 23.2 Å². The smallest absolute Gasteiger partial charge is 0.335 e. The van der Waals surface area contributed by atoms with E-state index in [0.717, 1.165) is 6.26 Å². The summed E-state index contributed by atoms with van der Waals surface area (Å²) in [5.41, 5.74) is -0.748. The highest BCUT2D eigenvalue weighted by atomic mass is 32.2. The lowest BCUT2D eigenvalue weighted by Gasteiger charge is -2.52. The minimum Gasteiger partial charge on any atom is -0.414 e. The molecule has 0 unspecified atom stereocenters. The van der Waals surface area contributed by atoms with Crippen molar-refractivity contribution in [3.05, 3.63) is 48.5 Å². The molecule has 14 nitrogen and oxygen atoms in total. The number of anilines is 1. The summed E-state index contributed by atoms with van der Waals surface area (Å²) < 4.78 is 58.9. The van der Waals surface area contributed by atoms with Crippen molar-refractivity contribution in [3.8, 4) is 0 Å². The number of hydrogen-bond donors (Lipinski definition) is 2. The predicted molar refractivity (Wildman–Crippen MR) is 188 cm³/mol. The molecule has 4 heterocycles. The second kappa shape index (κ2) is 14.2. The zero-order chi connectivity index (χ0) is 35.9. The van der Waals surface area contributed by atoms with Gasteiger partial charge >= 0.3 is 17.1 Å². The van der Waals surface area contributed by atoms with Gasteiger partial charge in [-0.2, -0.15) is 8.42 Å². The van der Waals surface area contributed by atoms with Gasteiger partial charge < -0.3 is 28.1 Å². The van der Waals surface area contributed by atoms with Crippen molar-refractivity contribution in [3.63, 3.8) is 0 Å². The first-order chi connectivity index (χ1) is 22.9. The number of ether oxygens (including phenoxy) is 1. The highest BCUT2D eigenvalue weighted by Crippen LogP contribution is 2.52. The standard InChI is InChI=1S/C32H49N5O9SSi2/c1-20(2)48(21(3)4)43-17-25-27(45-49(46-48,22(5)6)23(7)8)32(39,15-16-42-47(9,40)41)31(44-25)37-19-35-26-28(33-18-34-29(26)37)36-30(38)24-13-11-10-12-14-24/h10-14,18-23,25,27,31,39H,15-17H2,1-9H3,(H,33,34,36,38)/t25-,27-,31-,32+/m1/s1. The molecule has 1 aromatic carbocycles. The highest BCUT2D eigenvalue weighted by Gasteiger charge is 2.65. The largest absolute Gasteiger partial charge is 0.414 e. The van der Waals surface area contributed by atoms with Gasteiger partial charge in [0.05, 0.1) is 25.8 Å². The van der Waals surface area contributed by atoms with Gasteiger partial charge in [0.25, 0.3) is 16.0 Å². The van der Waals surface area contributed by atoms with Crippen LogP contribution in [0.15, 0.2) is 43.0 Å². The predicted octanol–water partition coefficient (Wildman–Crippen LogP) is 5.03. The average Bonchev–Trinajstić information content (AvgIpc) is 3.55. The van der Waals surface area contributed by atoms with Crippen LogP contribution in [-0.2, 0) is 32.0 Å². The molecule has 0 bridgehead atoms. The van der Waals surface area contributed by atoms with Crippen LogP contribution < -0.4 is 5.32 Å². The van der Waals surface area contributed by atoms with Crippen LogP contribution in [0.4, 0.5) is 5.82 Å². The maximum atomic E-state index is 13.0. The van der Waals surface area contributed by atoms with Gasteiger partial charge in [0.1, 0.15) is 24.1 Å². The number of amides is 1. The van der Waals surface area contributed by atoms with Crippen LogP contribution in [0, 0.1) is 0 Å². The molecule has 0 spiro atoms. The molecule has 2 saturated heterocycles. The fourth-order valence-corrected chi connectivity index (χ4v) is 18.7. The van der Waals surface area contributed by atoms with Gasteiger partial charge in [-0.25, -0.2) is 15.0 Å². The van der Waals surface area contributed by atoms with Crippen LogP contribution >= 0.6 is 0 Å². The van der Waals surface area contributed by atoms with Crippen LogP contribution in [0.2, 0.25) is 22.2 Å². The number of nitrogens with one attached hydrogen (secondary N) is 1. The number of nitrogens with zero attached hydrogens (tertiary/aromatic N) is 4. The third-order valence-corrected chi connectivity index (χ3v) is 20.4. The van der Waals surface area contributed by atoms with Crippen LogP contribution in [0.5, 0.6) is 0 Å². The summed E-state index contributed by atoms with van der Waals surface area (Å²) in [5.74, 6) is -0.202. The van der Waals surface area contributed by atoms with Crippen LogP contribution in [0.25, 0.3) is 11.2 Å². The molecule has 3 aromatic rings. The van der Waals surface area contributed by atoms with E-state index in [2.05, 4.69) is 75.7 Å². The lowest BCUT2D eigenvalue weighted by Crippen LogP contribution is -2.67. The first-order valence-electron chi connectivity index (χ1n) is 16.7. The Labute approximate surface area is 290 Å². The molecule has 1 amide bonds. The zero-order valence-corrected chi connectivity index (χ0v) is 32.4. The monoisotopic (exact) mass is 735 g/mol. The van der Waals surface area contributed by atoms with Crippen molar-refractivity contribution in [2.75, 3.05) is 24.8 Å². The molecular formula is C32H49N5O9SSi2. The first kappa shape index (κ1) is 37.6. The Kier molecular flexibility index (Phi) is 10.9. The average molecular weight is 736 g/mol. The van der Waals surface area contributed by atoms with Crippen LogP contribution in [-0.4, -0.2) is 93.4 Å². The number of aromatic nitrogens is 4. The lowest BCUT2D eigenvalue weighted by atomic mass is 9.90. The molecule has 4 atom stereocenters. The molecule has 2 aliphatic rings. The van der Waals surface area contributed by atoms with Gasteiger partial charge in [0.2, 0.25) is 0 Å². The van der Waals surface area contributed by atoms with E-state index >= 15 is 0 Å². The molecule has 0 radical (unpaired) electrons. The Morgan fingerprint density at radius 2 is 1.65 bits per heavy atom. The molecule has 2 N–H and O–H groups in total. The number of fused-ring (bicyclic) bond motifs is 2. The molecule has 17 heteroatoms. The molecule has 2 aromatic heterocycles. The minimum atomic E-state index is -3.82. The molecule has 49 heavy (non-hydrogen) atoms. The number of aliphatic hydroxyl groups is 1. The Bertz CT molecular complexity index is 1720. The van der Waals surface area contributed by atoms with Gasteiger partial charge in [0, 0.05) is 12.0 Å². The number of rotatable bonds is 11. The van der Waals surface area contributed by atoms with Gasteiger partial charge in [-0.05, 0) is 34.3 Å². The third kappa shape index (κ3) is 7.14. The van der Waals surface area contributed by atoms with E-state index in [1.54, 1.807) is 28.8 Å². The van der Waals surface area contributed by atoms with Crippen molar-refractivity contribution in [1.82, 2.24) is 19.5 Å². The fraction of sp³-hybridized carbons (Fsp3) is 0.625. The van der Waals surface area contributed by atoms with Crippen LogP contribution in [0.1, 0.15) is 78.4 Å². The van der Waals surface area contributed by atoms with Crippen molar-refractivity contribution in [2.24, 2.45) is 0 Å². The molecule has 5 rings (SSSR count). The maximum absolute atomic E-state index is 13.0. The van der Waals surface area contributed by atoms with Crippen molar-refractivity contribution in [2.45, 2.75) is 108 Å². The first-order valence-corrected chi connectivity index (χ1v) is 22.5. The topological polar surface area (TPSA) is 173 Å². The van der Waals surface area contributed by atoms with E-state index in [4.69, 9.17) is 21.9 Å². The number of carbonyl (C=O) groups excluding carboxylic acids is 1. The van der Waals surface area contributed by atoms with Crippen molar-refractivity contribution < 1.29 is 40.2 Å². The van der Waals surface area contributed by atoms with Crippen molar-refractivity contribution >= 4 is 50.1 Å². The molecule has 0 aliphatic carbocycles. The van der Waals surface area contributed by atoms with E-state index in [9.17, 15) is 18.3 Å². The summed E-state index contributed by atoms with van der Waals surface area (Å²) in [6.07, 6.45) is 0.621. The summed E-state index contributed by atoms with van der Waals surface area (Å²) in [6.45, 7) is 16.5. The molecule has 270 valence electrons. The quantitative estimate of drug-likeness (QED) is 0.199. The Hall–Kier alpha value is -2.62. The number of imidazole rings is 1. The Morgan fingerprint density at radius 1 is 1.02 bits per heavy atom. The van der Waals surface area contributed by atoms with Gasteiger partial charge in [-0.15, -0.1) is 0 Å². The summed E-state index contributed by atoms with van der Waals surface area (Å²) in [5, 5.41) is 15.6. The van der Waals surface area contributed by atoms with E-state index in [0.29, 0.717) is 5.56 Å². The van der Waals surface area contributed by atoms with Gasteiger partial charge in [-0.1, -0.05) is 73.6 Å². The molecule has 2 aliphatic heterocycles. The second-order valence-corrected chi connectivity index (χ2v) is 24.7. The van der Waals surface area contributed by atoms with Crippen LogP contribution in [0.3, 0.4) is 0 Å². The lowest BCUT2D eigenvalue weighted by molar-refractivity contribution is -0.115. The van der Waals surface area contributed by atoms with E-state index in [1.165, 1.54) is 12.7 Å². The van der Waals surface area contributed by atoms with Gasteiger partial charge in [-0.3, -0.25) is 13.5 Å². The zero-order valence-electron chi connectivity index (χ0n) is 29.6. The SMILES string of the molecule is CC(C)[Si]1(C(C)C)OC[C@H]2O[C@@H](n3cnc4c(NC(=O)c5ccccc5)ncnc43)[C@](O)(CCOS(C)(=O)=O)[C@@H]2O[Si](C(C)C)(C(C)C)O1. The summed E-state index contributed by atoms with van der Waals surface area (Å²) in [6, 6.07) is 8.71. The van der Waals surface area contributed by atoms with E-state index in [-0.39, 0.29) is 64.7 Å². The Balaban J connectivity index is 1.61. The van der Waals surface area contributed by atoms with Crippen molar-refractivity contribution in [1.29, 1.82) is 0 Å². The summed E-state index contributed by atoms with van der Waals surface area (Å²) in [4.78, 5) is 26.3. The number of benzene rings is 1. The number of carbonyl (C=O) groups is 1. The minimum absolute atomic E-state index is 0.0348. The maximum Gasteiger partial charge on any atom is 0.335 e. The normalized spacial score (nSPS) is 25.6. The molecule has 2 fully saturated rings. The highest BCUT2D eigenvalue weighted by molar-refractivity contribution is 7.85. The van der Waals surface area contributed by atoms with E-state index < -0.39 is 51.3 Å². The molecular weight excluding hydrogens is 687 g/mol. The molecule has 0 saturated carbocycles. The second-order valence-electron chi connectivity index (χ2n) is 14.2. The summed E-state index contributed by atoms with van der Waals surface area (Å²) in [7, 11) is -9.97.